The van der Waals surface area contributed by atoms with Crippen LogP contribution in [0.25, 0.3) is 0 Å². The van der Waals surface area contributed by atoms with Gasteiger partial charge in [-0.25, -0.2) is 0 Å². The van der Waals surface area contributed by atoms with Crippen molar-refractivity contribution >= 4 is 17.6 Å². The molecular weight excluding hydrogens is 386 g/mol. The molecule has 7 heteroatoms. The van der Waals surface area contributed by atoms with Crippen LogP contribution in [0.1, 0.15) is 30.9 Å². The van der Waals surface area contributed by atoms with Crippen molar-refractivity contribution in [3.8, 4) is 0 Å². The Morgan fingerprint density at radius 2 is 2.17 bits per heavy atom. The third kappa shape index (κ3) is 8.13. The SMILES string of the molecule is CN=C(NCCN(C)CCCOC)NCC1CCCN(C)C1c1cccc(Cl)c1. The van der Waals surface area contributed by atoms with E-state index >= 15 is 0 Å². The number of nitrogens with zero attached hydrogens (tertiary/aromatic N) is 3. The molecule has 2 N–H and O–H groups in total. The van der Waals surface area contributed by atoms with Gasteiger partial charge in [0.05, 0.1) is 0 Å². The van der Waals surface area contributed by atoms with E-state index < -0.39 is 0 Å². The van der Waals surface area contributed by atoms with Crippen LogP contribution in [0.15, 0.2) is 29.3 Å². The number of likely N-dealkylation sites (tertiary alicyclic amines) is 1. The number of rotatable bonds is 10. The van der Waals surface area contributed by atoms with Gasteiger partial charge in [0.25, 0.3) is 0 Å². The topological polar surface area (TPSA) is 52.1 Å². The summed E-state index contributed by atoms with van der Waals surface area (Å²) in [5.41, 5.74) is 1.30. The fourth-order valence-electron chi connectivity index (χ4n) is 4.09. The minimum absolute atomic E-state index is 0.375. The zero-order chi connectivity index (χ0) is 21.1. The number of benzene rings is 1. The van der Waals surface area contributed by atoms with Crippen LogP contribution in [0.2, 0.25) is 5.02 Å². The number of piperidine rings is 1. The van der Waals surface area contributed by atoms with E-state index in [0.29, 0.717) is 12.0 Å². The van der Waals surface area contributed by atoms with E-state index in [4.69, 9.17) is 16.3 Å². The highest BCUT2D eigenvalue weighted by atomic mass is 35.5. The van der Waals surface area contributed by atoms with Gasteiger partial charge in [0.2, 0.25) is 0 Å². The van der Waals surface area contributed by atoms with E-state index in [1.54, 1.807) is 7.11 Å². The van der Waals surface area contributed by atoms with E-state index in [2.05, 4.69) is 51.7 Å². The van der Waals surface area contributed by atoms with Gasteiger partial charge in [0.15, 0.2) is 5.96 Å². The first kappa shape index (κ1) is 23.9. The monoisotopic (exact) mass is 423 g/mol. The average molecular weight is 424 g/mol. The van der Waals surface area contributed by atoms with Crippen LogP contribution >= 0.6 is 11.6 Å². The van der Waals surface area contributed by atoms with Crippen molar-refractivity contribution in [1.82, 2.24) is 20.4 Å². The molecular formula is C22H38ClN5O. The minimum Gasteiger partial charge on any atom is -0.385 e. The predicted octanol–water partition coefficient (Wildman–Crippen LogP) is 2.86. The second-order valence-electron chi connectivity index (χ2n) is 7.91. The molecule has 1 saturated heterocycles. The molecule has 1 aromatic rings. The van der Waals surface area contributed by atoms with Gasteiger partial charge in [-0.15, -0.1) is 0 Å². The van der Waals surface area contributed by atoms with Crippen LogP contribution in [0, 0.1) is 5.92 Å². The Kier molecular flexibility index (Phi) is 10.8. The minimum atomic E-state index is 0.375. The molecule has 2 atom stereocenters. The van der Waals surface area contributed by atoms with Crippen molar-refractivity contribution in [3.05, 3.63) is 34.9 Å². The van der Waals surface area contributed by atoms with Gasteiger partial charge in [-0.2, -0.15) is 0 Å². The zero-order valence-electron chi connectivity index (χ0n) is 18.5. The molecule has 0 bridgehead atoms. The summed E-state index contributed by atoms with van der Waals surface area (Å²) >= 11 is 6.26. The number of ether oxygens (including phenoxy) is 1. The van der Waals surface area contributed by atoms with Gasteiger partial charge < -0.3 is 20.3 Å². The maximum atomic E-state index is 6.26. The van der Waals surface area contributed by atoms with Crippen molar-refractivity contribution in [1.29, 1.82) is 0 Å². The van der Waals surface area contributed by atoms with Crippen molar-refractivity contribution in [2.45, 2.75) is 25.3 Å². The standard InChI is InChI=1S/C22H38ClN5O/c1-24-22(25-11-14-27(2)12-7-15-29-4)26-17-19-9-6-13-28(3)21(19)18-8-5-10-20(23)16-18/h5,8,10,16,19,21H,6-7,9,11-15,17H2,1-4H3,(H2,24,25,26). The first-order valence-electron chi connectivity index (χ1n) is 10.6. The Balaban J connectivity index is 1.83. The van der Waals surface area contributed by atoms with Crippen molar-refractivity contribution in [2.24, 2.45) is 10.9 Å². The Bertz CT molecular complexity index is 627. The van der Waals surface area contributed by atoms with Crippen LogP contribution in [0.3, 0.4) is 0 Å². The first-order chi connectivity index (χ1) is 14.0. The third-order valence-corrected chi connectivity index (χ3v) is 5.86. The zero-order valence-corrected chi connectivity index (χ0v) is 19.2. The molecule has 1 aromatic carbocycles. The molecule has 0 aromatic heterocycles. The normalized spacial score (nSPS) is 20.8. The van der Waals surface area contributed by atoms with E-state index in [0.717, 1.165) is 56.7 Å². The summed E-state index contributed by atoms with van der Waals surface area (Å²) in [6, 6.07) is 8.67. The molecule has 29 heavy (non-hydrogen) atoms. The van der Waals surface area contributed by atoms with Crippen molar-refractivity contribution < 1.29 is 4.74 Å². The van der Waals surface area contributed by atoms with Crippen LogP contribution in [0.5, 0.6) is 0 Å². The molecule has 0 aliphatic carbocycles. The predicted molar refractivity (Wildman–Crippen MR) is 123 cm³/mol. The number of methoxy groups -OCH3 is 1. The lowest BCUT2D eigenvalue weighted by Gasteiger charge is -2.40. The number of likely N-dealkylation sites (N-methyl/N-ethyl adjacent to an activating group) is 1. The third-order valence-electron chi connectivity index (χ3n) is 5.63. The molecule has 6 nitrogen and oxygen atoms in total. The van der Waals surface area contributed by atoms with E-state index in [-0.39, 0.29) is 0 Å². The highest BCUT2D eigenvalue weighted by Gasteiger charge is 2.30. The van der Waals surface area contributed by atoms with Crippen LogP contribution in [-0.4, -0.2) is 83.3 Å². The molecule has 1 aliphatic rings. The molecule has 0 radical (unpaired) electrons. The summed E-state index contributed by atoms with van der Waals surface area (Å²) in [7, 11) is 7.93. The Labute approximate surface area is 181 Å². The number of nitrogens with one attached hydrogen (secondary N) is 2. The van der Waals surface area contributed by atoms with Crippen LogP contribution in [0.4, 0.5) is 0 Å². The Hall–Kier alpha value is -1.34. The first-order valence-corrected chi connectivity index (χ1v) is 11.0. The molecule has 0 spiro atoms. The number of hydrogen-bond donors (Lipinski definition) is 2. The summed E-state index contributed by atoms with van der Waals surface area (Å²) in [5.74, 6) is 1.39. The fourth-order valence-corrected chi connectivity index (χ4v) is 4.29. The smallest absolute Gasteiger partial charge is 0.191 e. The number of guanidine groups is 1. The molecule has 1 heterocycles. The van der Waals surface area contributed by atoms with Gasteiger partial charge in [-0.05, 0) is 63.5 Å². The van der Waals surface area contributed by atoms with Gasteiger partial charge >= 0.3 is 0 Å². The second-order valence-corrected chi connectivity index (χ2v) is 8.35. The van der Waals surface area contributed by atoms with Gasteiger partial charge in [0.1, 0.15) is 0 Å². The van der Waals surface area contributed by atoms with Gasteiger partial charge in [-0.3, -0.25) is 9.89 Å². The lowest BCUT2D eigenvalue weighted by molar-refractivity contribution is 0.122. The quantitative estimate of drug-likeness (QED) is 0.344. The summed E-state index contributed by atoms with van der Waals surface area (Å²) in [6.45, 7) is 5.70. The maximum absolute atomic E-state index is 6.26. The summed E-state index contributed by atoms with van der Waals surface area (Å²) in [4.78, 5) is 9.16. The Morgan fingerprint density at radius 1 is 1.34 bits per heavy atom. The number of halogens is 1. The lowest BCUT2D eigenvalue weighted by Crippen LogP contribution is -2.46. The maximum Gasteiger partial charge on any atom is 0.191 e. The lowest BCUT2D eigenvalue weighted by atomic mass is 9.85. The molecule has 164 valence electrons. The van der Waals surface area contributed by atoms with E-state index in [1.807, 2.05) is 19.2 Å². The molecule has 1 aliphatic heterocycles. The largest absolute Gasteiger partial charge is 0.385 e. The van der Waals surface area contributed by atoms with Crippen LogP contribution < -0.4 is 10.6 Å². The Morgan fingerprint density at radius 3 is 2.90 bits per heavy atom. The fraction of sp³-hybridized carbons (Fsp3) is 0.682. The molecule has 1 fully saturated rings. The summed E-state index contributed by atoms with van der Waals surface area (Å²) in [5, 5.41) is 7.78. The van der Waals surface area contributed by atoms with E-state index in [1.165, 1.54) is 18.4 Å². The van der Waals surface area contributed by atoms with Crippen molar-refractivity contribution in [3.63, 3.8) is 0 Å². The van der Waals surface area contributed by atoms with Gasteiger partial charge in [-0.1, -0.05) is 23.7 Å². The van der Waals surface area contributed by atoms with E-state index in [9.17, 15) is 0 Å². The highest BCUT2D eigenvalue weighted by molar-refractivity contribution is 6.30. The highest BCUT2D eigenvalue weighted by Crippen LogP contribution is 2.35. The van der Waals surface area contributed by atoms with Gasteiger partial charge in [0, 0.05) is 58.0 Å². The second kappa shape index (κ2) is 13.1. The summed E-state index contributed by atoms with van der Waals surface area (Å²) in [6.07, 6.45) is 3.48. The van der Waals surface area contributed by atoms with Crippen molar-refractivity contribution in [2.75, 3.05) is 67.6 Å². The van der Waals surface area contributed by atoms with Crippen LogP contribution in [-0.2, 0) is 4.74 Å². The molecule has 2 unspecified atom stereocenters. The average Bonchev–Trinajstić information content (AvgIpc) is 2.70. The molecule has 0 saturated carbocycles. The molecule has 0 amide bonds. The number of aliphatic imine (C=N–C) groups is 1. The molecule has 2 rings (SSSR count). The number of hydrogen-bond acceptors (Lipinski definition) is 4. The summed E-state index contributed by atoms with van der Waals surface area (Å²) < 4.78 is 5.11.